The summed E-state index contributed by atoms with van der Waals surface area (Å²) in [6, 6.07) is 10.1. The van der Waals surface area contributed by atoms with E-state index < -0.39 is 6.03 Å². The molecule has 4 amide bonds. The van der Waals surface area contributed by atoms with Gasteiger partial charge in [0.1, 0.15) is 17.6 Å². The fraction of sp³-hybridized carbons (Fsp3) is 0.318. The Morgan fingerprint density at radius 1 is 1.30 bits per heavy atom. The number of benzene rings is 2. The summed E-state index contributed by atoms with van der Waals surface area (Å²) < 4.78 is 11.5. The lowest BCUT2D eigenvalue weighted by atomic mass is 10.1. The molecule has 0 bridgehead atoms. The summed E-state index contributed by atoms with van der Waals surface area (Å²) in [4.78, 5) is 37.6. The van der Waals surface area contributed by atoms with Crippen LogP contribution in [0.5, 0.6) is 11.5 Å². The van der Waals surface area contributed by atoms with E-state index in [-0.39, 0.29) is 31.0 Å². The van der Waals surface area contributed by atoms with Crippen LogP contribution in [0.2, 0.25) is 0 Å². The number of ether oxygens (including phenoxy) is 2. The number of rotatable bonds is 6. The van der Waals surface area contributed by atoms with Crippen LogP contribution in [0.3, 0.4) is 0 Å². The van der Waals surface area contributed by atoms with Gasteiger partial charge in [0.25, 0.3) is 5.91 Å². The van der Waals surface area contributed by atoms with Crippen LogP contribution in [0.25, 0.3) is 0 Å². The first-order chi connectivity index (χ1) is 14.4. The van der Waals surface area contributed by atoms with Gasteiger partial charge in [-0.1, -0.05) is 12.1 Å². The van der Waals surface area contributed by atoms with Crippen molar-refractivity contribution in [1.29, 1.82) is 0 Å². The summed E-state index contributed by atoms with van der Waals surface area (Å²) in [5, 5.41) is 5.37. The number of hydrogen-bond donors (Lipinski definition) is 2. The van der Waals surface area contributed by atoms with E-state index in [2.05, 4.69) is 10.6 Å². The summed E-state index contributed by atoms with van der Waals surface area (Å²) in [5.74, 6) is 0.732. The Bertz CT molecular complexity index is 1000. The molecule has 2 aromatic carbocycles. The highest BCUT2D eigenvalue weighted by Gasteiger charge is 2.28. The minimum absolute atomic E-state index is 0.00175. The number of nitrogens with one attached hydrogen (secondary N) is 2. The van der Waals surface area contributed by atoms with Crippen molar-refractivity contribution in [3.05, 3.63) is 53.1 Å². The van der Waals surface area contributed by atoms with Crippen LogP contribution < -0.4 is 20.1 Å². The number of hydrogen-bond acceptors (Lipinski definition) is 5. The smallest absolute Gasteiger partial charge is 0.324 e. The number of anilines is 1. The van der Waals surface area contributed by atoms with Crippen LogP contribution >= 0.6 is 0 Å². The van der Waals surface area contributed by atoms with E-state index in [9.17, 15) is 14.4 Å². The molecule has 30 heavy (non-hydrogen) atoms. The molecule has 8 heteroatoms. The minimum Gasteiger partial charge on any atom is -0.492 e. The van der Waals surface area contributed by atoms with Gasteiger partial charge in [-0.05, 0) is 37.6 Å². The van der Waals surface area contributed by atoms with Gasteiger partial charge in [-0.15, -0.1) is 0 Å². The maximum Gasteiger partial charge on any atom is 0.324 e. The molecular weight excluding hydrogens is 386 g/mol. The predicted octanol–water partition coefficient (Wildman–Crippen LogP) is 2.71. The van der Waals surface area contributed by atoms with Crippen LogP contribution in [0, 0.1) is 0 Å². The zero-order chi connectivity index (χ0) is 21.3. The number of urea groups is 1. The maximum atomic E-state index is 12.9. The Hall–Kier alpha value is -3.55. The van der Waals surface area contributed by atoms with E-state index in [0.29, 0.717) is 29.2 Å². The first-order valence-corrected chi connectivity index (χ1v) is 9.89. The van der Waals surface area contributed by atoms with E-state index in [1.54, 1.807) is 30.3 Å². The van der Waals surface area contributed by atoms with Crippen molar-refractivity contribution in [1.82, 2.24) is 10.2 Å². The van der Waals surface area contributed by atoms with Crippen LogP contribution in [0.4, 0.5) is 10.5 Å². The van der Waals surface area contributed by atoms with Gasteiger partial charge >= 0.3 is 6.03 Å². The van der Waals surface area contributed by atoms with Crippen molar-refractivity contribution in [3.63, 3.8) is 0 Å². The lowest BCUT2D eigenvalue weighted by Gasteiger charge is -2.15. The van der Waals surface area contributed by atoms with Gasteiger partial charge < -0.3 is 20.1 Å². The molecule has 1 fully saturated rings. The van der Waals surface area contributed by atoms with Gasteiger partial charge in [0.15, 0.2) is 0 Å². The third-order valence-electron chi connectivity index (χ3n) is 5.01. The molecule has 2 N–H and O–H groups in total. The molecule has 1 atom stereocenters. The van der Waals surface area contributed by atoms with Gasteiger partial charge in [0, 0.05) is 23.6 Å². The van der Waals surface area contributed by atoms with Crippen molar-refractivity contribution in [2.24, 2.45) is 0 Å². The Morgan fingerprint density at radius 3 is 2.87 bits per heavy atom. The molecule has 156 valence electrons. The minimum atomic E-state index is -0.427. The molecular formula is C22H23N3O5. The molecule has 0 saturated carbocycles. The third kappa shape index (κ3) is 3.94. The van der Waals surface area contributed by atoms with E-state index in [0.717, 1.165) is 22.6 Å². The maximum absolute atomic E-state index is 12.9. The van der Waals surface area contributed by atoms with E-state index in [1.807, 2.05) is 19.9 Å². The molecule has 2 aromatic rings. The average molecular weight is 409 g/mol. The topological polar surface area (TPSA) is 97.0 Å². The van der Waals surface area contributed by atoms with Crippen molar-refractivity contribution < 1.29 is 23.9 Å². The molecule has 0 aliphatic carbocycles. The summed E-state index contributed by atoms with van der Waals surface area (Å²) >= 11 is 0. The second-order valence-electron chi connectivity index (χ2n) is 7.31. The predicted molar refractivity (Wildman–Crippen MR) is 110 cm³/mol. The zero-order valence-corrected chi connectivity index (χ0v) is 16.9. The lowest BCUT2D eigenvalue weighted by Crippen LogP contribution is -2.30. The highest BCUT2D eigenvalue weighted by atomic mass is 16.5. The quantitative estimate of drug-likeness (QED) is 0.715. The third-order valence-corrected chi connectivity index (χ3v) is 5.01. The number of carbonyl (C=O) groups is 3. The Labute approximate surface area is 174 Å². The summed E-state index contributed by atoms with van der Waals surface area (Å²) in [6.07, 6.45) is 0.886. The standard InChI is InChI=1S/C22H23N3O5/c1-3-29-19-9-16-7-13(2)30-18(16)10-17(19)24-21(27)15-6-4-5-14(8-15)12-25-20(26)11-23-22(25)28/h4-6,8-10,13H,3,7,11-12H2,1-2H3,(H,23,28)(H,24,27)/t13-/m0/s1. The Kier molecular flexibility index (Phi) is 5.31. The highest BCUT2D eigenvalue weighted by Crippen LogP contribution is 2.38. The molecule has 1 saturated heterocycles. The first kappa shape index (κ1) is 19.8. The summed E-state index contributed by atoms with van der Waals surface area (Å²) in [6.45, 7) is 4.46. The number of nitrogens with zero attached hydrogens (tertiary/aromatic N) is 1. The molecule has 0 radical (unpaired) electrons. The van der Waals surface area contributed by atoms with Gasteiger partial charge in [-0.25, -0.2) is 4.79 Å². The van der Waals surface area contributed by atoms with Gasteiger partial charge in [0.2, 0.25) is 5.91 Å². The summed E-state index contributed by atoms with van der Waals surface area (Å²) in [7, 11) is 0. The first-order valence-electron chi connectivity index (χ1n) is 9.89. The van der Waals surface area contributed by atoms with Crippen molar-refractivity contribution >= 4 is 23.5 Å². The molecule has 0 unspecified atom stereocenters. The molecule has 2 aliphatic heterocycles. The molecule has 2 aliphatic rings. The molecule has 8 nitrogen and oxygen atoms in total. The van der Waals surface area contributed by atoms with Crippen molar-refractivity contribution in [2.45, 2.75) is 32.9 Å². The monoisotopic (exact) mass is 409 g/mol. The van der Waals surface area contributed by atoms with Crippen LogP contribution in [-0.2, 0) is 17.8 Å². The number of fused-ring (bicyclic) bond motifs is 1. The Morgan fingerprint density at radius 2 is 2.13 bits per heavy atom. The number of carbonyl (C=O) groups excluding carboxylic acids is 3. The zero-order valence-electron chi connectivity index (χ0n) is 16.9. The fourth-order valence-corrected chi connectivity index (χ4v) is 3.62. The molecule has 4 rings (SSSR count). The van der Waals surface area contributed by atoms with Crippen LogP contribution in [-0.4, -0.2) is 42.0 Å². The molecule has 0 aromatic heterocycles. The molecule has 2 heterocycles. The van der Waals surface area contributed by atoms with Gasteiger partial charge in [-0.3, -0.25) is 14.5 Å². The number of imide groups is 1. The SMILES string of the molecule is CCOc1cc2c(cc1NC(=O)c1cccc(CN3C(=O)CNC3=O)c1)O[C@@H](C)C2. The van der Waals surface area contributed by atoms with Crippen molar-refractivity contribution in [2.75, 3.05) is 18.5 Å². The molecule has 0 spiro atoms. The Balaban J connectivity index is 1.54. The summed E-state index contributed by atoms with van der Waals surface area (Å²) in [5.41, 5.74) is 2.69. The lowest BCUT2D eigenvalue weighted by molar-refractivity contribution is -0.125. The normalized spacial score (nSPS) is 17.4. The second kappa shape index (κ2) is 8.06. The van der Waals surface area contributed by atoms with Gasteiger partial charge in [0.05, 0.1) is 25.4 Å². The van der Waals surface area contributed by atoms with Crippen LogP contribution in [0.15, 0.2) is 36.4 Å². The second-order valence-corrected chi connectivity index (χ2v) is 7.31. The average Bonchev–Trinajstić information content (AvgIpc) is 3.24. The highest BCUT2D eigenvalue weighted by molar-refractivity contribution is 6.05. The van der Waals surface area contributed by atoms with E-state index >= 15 is 0 Å². The van der Waals surface area contributed by atoms with Crippen LogP contribution in [0.1, 0.15) is 35.3 Å². The number of amides is 4. The van der Waals surface area contributed by atoms with Crippen molar-refractivity contribution in [3.8, 4) is 11.5 Å². The fourth-order valence-electron chi connectivity index (χ4n) is 3.62. The largest absolute Gasteiger partial charge is 0.492 e. The van der Waals surface area contributed by atoms with E-state index in [1.165, 1.54) is 0 Å². The van der Waals surface area contributed by atoms with Gasteiger partial charge in [-0.2, -0.15) is 0 Å². The van der Waals surface area contributed by atoms with E-state index in [4.69, 9.17) is 9.47 Å².